The van der Waals surface area contributed by atoms with Crippen LogP contribution in [0.2, 0.25) is 0 Å². The molecule has 0 saturated carbocycles. The maximum absolute atomic E-state index is 13.5. The molecule has 3 N–H and O–H groups in total. The van der Waals surface area contributed by atoms with Crippen LogP contribution in [-0.4, -0.2) is 26.1 Å². The molecule has 0 bridgehead atoms. The van der Waals surface area contributed by atoms with Crippen LogP contribution in [-0.2, 0) is 12.6 Å². The molecule has 2 aromatic carbocycles. The van der Waals surface area contributed by atoms with Crippen LogP contribution in [0, 0.1) is 0 Å². The monoisotopic (exact) mass is 445 g/mol. The van der Waals surface area contributed by atoms with Gasteiger partial charge in [0, 0.05) is 29.5 Å². The zero-order valence-electron chi connectivity index (χ0n) is 15.6. The van der Waals surface area contributed by atoms with E-state index in [1.165, 1.54) is 36.5 Å². The lowest BCUT2D eigenvalue weighted by atomic mass is 9.99. The fourth-order valence-electron chi connectivity index (χ4n) is 3.15. The number of hydrogen-bond acceptors (Lipinski definition) is 6. The lowest BCUT2D eigenvalue weighted by molar-refractivity contribution is -0.136. The first-order valence-electron chi connectivity index (χ1n) is 8.94. The summed E-state index contributed by atoms with van der Waals surface area (Å²) in [6, 6.07) is 9.05. The summed E-state index contributed by atoms with van der Waals surface area (Å²) in [4.78, 5) is 20.9. The lowest BCUT2D eigenvalue weighted by Gasteiger charge is -2.14. The fraction of sp³-hybridized carbons (Fsp3) is 0.0952. The molecule has 158 valence electrons. The number of carbonyl (C=O) groups excluding carboxylic acids is 1. The Labute approximate surface area is 177 Å². The SMILES string of the molecule is O=C(Nc1nccs1)c1nc2c(C(F)(F)F)cccc2cc1Cc1ccc(O)cc1O. The second-order valence-electron chi connectivity index (χ2n) is 6.65. The van der Waals surface area contributed by atoms with Crippen LogP contribution in [0.1, 0.15) is 27.2 Å². The number of carbonyl (C=O) groups is 1. The molecule has 0 aliphatic carbocycles. The first-order chi connectivity index (χ1) is 14.7. The smallest absolute Gasteiger partial charge is 0.418 e. The van der Waals surface area contributed by atoms with Gasteiger partial charge in [0.25, 0.3) is 5.91 Å². The number of rotatable bonds is 4. The third-order valence-corrected chi connectivity index (χ3v) is 5.24. The number of para-hydroxylation sites is 1. The van der Waals surface area contributed by atoms with E-state index in [0.29, 0.717) is 11.1 Å². The Kier molecular flexibility index (Phi) is 5.24. The molecule has 6 nitrogen and oxygen atoms in total. The second-order valence-corrected chi connectivity index (χ2v) is 7.55. The molecular weight excluding hydrogens is 431 g/mol. The Morgan fingerprint density at radius 3 is 2.58 bits per heavy atom. The van der Waals surface area contributed by atoms with Crippen molar-refractivity contribution in [3.8, 4) is 11.5 Å². The lowest BCUT2D eigenvalue weighted by Crippen LogP contribution is -2.17. The number of benzene rings is 2. The first kappa shape index (κ1) is 20.6. The number of amides is 1. The Bertz CT molecular complexity index is 1270. The molecular formula is C21H14F3N3O3S. The number of fused-ring (bicyclic) bond motifs is 1. The molecule has 0 aliphatic heterocycles. The van der Waals surface area contributed by atoms with Gasteiger partial charge in [-0.2, -0.15) is 13.2 Å². The van der Waals surface area contributed by atoms with Gasteiger partial charge in [0.2, 0.25) is 0 Å². The molecule has 4 aromatic rings. The largest absolute Gasteiger partial charge is 0.508 e. The summed E-state index contributed by atoms with van der Waals surface area (Å²) in [5.74, 6) is -1.08. The normalized spacial score (nSPS) is 11.6. The van der Waals surface area contributed by atoms with Crippen molar-refractivity contribution in [2.75, 3.05) is 5.32 Å². The molecule has 0 aliphatic rings. The van der Waals surface area contributed by atoms with Crippen LogP contribution in [0.3, 0.4) is 0 Å². The van der Waals surface area contributed by atoms with Crippen LogP contribution in [0.15, 0.2) is 54.0 Å². The molecule has 4 rings (SSSR count). The summed E-state index contributed by atoms with van der Waals surface area (Å²) in [5, 5.41) is 24.3. The standard InChI is InChI=1S/C21H14F3N3O3S/c22-21(23,24)15-3-1-2-12-9-13(8-11-4-5-14(28)10-16(11)29)18(26-17(12)15)19(30)27-20-25-6-7-31-20/h1-7,9-10,28-29H,8H2,(H,25,27,30). The topological polar surface area (TPSA) is 95.3 Å². The summed E-state index contributed by atoms with van der Waals surface area (Å²) in [5.41, 5.74) is -0.840. The van der Waals surface area contributed by atoms with Crippen molar-refractivity contribution >= 4 is 33.3 Å². The van der Waals surface area contributed by atoms with Crippen molar-refractivity contribution < 1.29 is 28.2 Å². The molecule has 31 heavy (non-hydrogen) atoms. The summed E-state index contributed by atoms with van der Waals surface area (Å²) in [7, 11) is 0. The maximum Gasteiger partial charge on any atom is 0.418 e. The van der Waals surface area contributed by atoms with E-state index in [2.05, 4.69) is 15.3 Å². The Morgan fingerprint density at radius 1 is 1.10 bits per heavy atom. The Balaban J connectivity index is 1.87. The number of phenols is 2. The number of halogens is 3. The average molecular weight is 445 g/mol. The maximum atomic E-state index is 13.5. The summed E-state index contributed by atoms with van der Waals surface area (Å²) in [6.45, 7) is 0. The van der Waals surface area contributed by atoms with Crippen molar-refractivity contribution in [1.82, 2.24) is 9.97 Å². The summed E-state index contributed by atoms with van der Waals surface area (Å²) in [6.07, 6.45) is -3.16. The van der Waals surface area contributed by atoms with E-state index in [-0.39, 0.29) is 39.6 Å². The molecule has 2 aromatic heterocycles. The third-order valence-electron chi connectivity index (χ3n) is 4.55. The number of thiazole rings is 1. The molecule has 10 heteroatoms. The van der Waals surface area contributed by atoms with Crippen LogP contribution >= 0.6 is 11.3 Å². The van der Waals surface area contributed by atoms with Crippen molar-refractivity contribution in [2.24, 2.45) is 0 Å². The van der Waals surface area contributed by atoms with Gasteiger partial charge in [0.15, 0.2) is 5.13 Å². The van der Waals surface area contributed by atoms with Crippen molar-refractivity contribution in [3.05, 3.63) is 76.4 Å². The summed E-state index contributed by atoms with van der Waals surface area (Å²) < 4.78 is 40.5. The third kappa shape index (κ3) is 4.29. The highest BCUT2D eigenvalue weighted by Gasteiger charge is 2.33. The zero-order chi connectivity index (χ0) is 22.2. The van der Waals surface area contributed by atoms with Gasteiger partial charge >= 0.3 is 6.18 Å². The number of aromatic nitrogens is 2. The van der Waals surface area contributed by atoms with E-state index < -0.39 is 17.6 Å². The first-order valence-corrected chi connectivity index (χ1v) is 9.82. The minimum absolute atomic E-state index is 0.00587. The average Bonchev–Trinajstić information content (AvgIpc) is 3.21. The van der Waals surface area contributed by atoms with E-state index in [9.17, 15) is 28.2 Å². The number of phenolic OH excluding ortho intramolecular Hbond substituents is 2. The highest BCUT2D eigenvalue weighted by atomic mass is 32.1. The van der Waals surface area contributed by atoms with Gasteiger partial charge in [-0.05, 0) is 29.3 Å². The van der Waals surface area contributed by atoms with Crippen molar-refractivity contribution in [2.45, 2.75) is 12.6 Å². The number of nitrogens with zero attached hydrogens (tertiary/aromatic N) is 2. The van der Waals surface area contributed by atoms with Gasteiger partial charge in [0.1, 0.15) is 17.2 Å². The van der Waals surface area contributed by atoms with E-state index in [4.69, 9.17) is 0 Å². The number of anilines is 1. The molecule has 1 amide bonds. The number of aromatic hydroxyl groups is 2. The van der Waals surface area contributed by atoms with E-state index in [1.54, 1.807) is 5.38 Å². The van der Waals surface area contributed by atoms with Crippen LogP contribution in [0.5, 0.6) is 11.5 Å². The molecule has 0 radical (unpaired) electrons. The molecule has 0 atom stereocenters. The van der Waals surface area contributed by atoms with Crippen molar-refractivity contribution in [3.63, 3.8) is 0 Å². The van der Waals surface area contributed by atoms with Gasteiger partial charge in [-0.25, -0.2) is 9.97 Å². The highest BCUT2D eigenvalue weighted by Crippen LogP contribution is 2.35. The minimum atomic E-state index is -4.65. The number of nitrogens with one attached hydrogen (secondary N) is 1. The van der Waals surface area contributed by atoms with Gasteiger partial charge in [-0.3, -0.25) is 10.1 Å². The molecule has 0 unspecified atom stereocenters. The molecule has 2 heterocycles. The highest BCUT2D eigenvalue weighted by molar-refractivity contribution is 7.13. The molecule has 0 spiro atoms. The van der Waals surface area contributed by atoms with Crippen LogP contribution in [0.4, 0.5) is 18.3 Å². The fourth-order valence-corrected chi connectivity index (χ4v) is 3.67. The Morgan fingerprint density at radius 2 is 1.90 bits per heavy atom. The number of pyridine rings is 1. The van der Waals surface area contributed by atoms with Gasteiger partial charge in [-0.15, -0.1) is 11.3 Å². The van der Waals surface area contributed by atoms with E-state index in [0.717, 1.165) is 23.5 Å². The Hall–Kier alpha value is -3.66. The van der Waals surface area contributed by atoms with Crippen molar-refractivity contribution in [1.29, 1.82) is 0 Å². The molecule has 0 saturated heterocycles. The van der Waals surface area contributed by atoms with Crippen LogP contribution < -0.4 is 5.32 Å². The van der Waals surface area contributed by atoms with Gasteiger partial charge in [0.05, 0.1) is 11.1 Å². The predicted octanol–water partition coefficient (Wildman–Crippen LogP) is 4.96. The quantitative estimate of drug-likeness (QED) is 0.413. The molecule has 0 fully saturated rings. The number of alkyl halides is 3. The van der Waals surface area contributed by atoms with Crippen LogP contribution in [0.25, 0.3) is 10.9 Å². The predicted molar refractivity (Wildman–Crippen MR) is 109 cm³/mol. The van der Waals surface area contributed by atoms with Gasteiger partial charge in [-0.1, -0.05) is 18.2 Å². The minimum Gasteiger partial charge on any atom is -0.508 e. The van der Waals surface area contributed by atoms with E-state index in [1.807, 2.05) is 0 Å². The second kappa shape index (κ2) is 7.88. The number of hydrogen-bond donors (Lipinski definition) is 3. The summed E-state index contributed by atoms with van der Waals surface area (Å²) >= 11 is 1.15. The van der Waals surface area contributed by atoms with E-state index >= 15 is 0 Å². The van der Waals surface area contributed by atoms with Gasteiger partial charge < -0.3 is 10.2 Å². The zero-order valence-corrected chi connectivity index (χ0v) is 16.5.